The van der Waals surface area contributed by atoms with Gasteiger partial charge in [-0.1, -0.05) is 36.4 Å². The SMILES string of the molecule is Cc1cccc(F)c1N1CCC(N2C(=O)N(Cc3ccccc3C3CC3)c3cnn(CC(C)(F)F)c3C2C)CC1. The van der Waals surface area contributed by atoms with Crippen molar-refractivity contribution in [2.45, 2.75) is 83.5 Å². The summed E-state index contributed by atoms with van der Waals surface area (Å²) in [5, 5.41) is 4.35. The van der Waals surface area contributed by atoms with E-state index < -0.39 is 18.5 Å². The number of hydrogen-bond acceptors (Lipinski definition) is 3. The summed E-state index contributed by atoms with van der Waals surface area (Å²) in [6.45, 7) is 5.73. The predicted molar refractivity (Wildman–Crippen MR) is 149 cm³/mol. The Balaban J connectivity index is 1.32. The molecule has 0 spiro atoms. The molecule has 2 aromatic carbocycles. The van der Waals surface area contributed by atoms with Crippen LogP contribution in [0.2, 0.25) is 0 Å². The smallest absolute Gasteiger partial charge is 0.325 e. The highest BCUT2D eigenvalue weighted by Gasteiger charge is 2.44. The lowest BCUT2D eigenvalue weighted by Gasteiger charge is -2.47. The molecule has 6 nitrogen and oxygen atoms in total. The number of para-hydroxylation sites is 1. The molecule has 0 radical (unpaired) electrons. The molecule has 6 rings (SSSR count). The van der Waals surface area contributed by atoms with Gasteiger partial charge in [-0.3, -0.25) is 9.58 Å². The molecular weight excluding hydrogens is 515 g/mol. The monoisotopic (exact) mass is 551 g/mol. The van der Waals surface area contributed by atoms with Gasteiger partial charge in [-0.05, 0) is 68.2 Å². The van der Waals surface area contributed by atoms with E-state index in [0.29, 0.717) is 55.5 Å². The number of nitrogens with zero attached hydrogens (tertiary/aromatic N) is 5. The Bertz CT molecular complexity index is 1380. The van der Waals surface area contributed by atoms with Crippen LogP contribution in [0.1, 0.15) is 73.9 Å². The molecule has 9 heteroatoms. The summed E-state index contributed by atoms with van der Waals surface area (Å²) < 4.78 is 44.4. The van der Waals surface area contributed by atoms with Gasteiger partial charge in [0.25, 0.3) is 5.92 Å². The lowest BCUT2D eigenvalue weighted by atomic mass is 9.97. The first kappa shape index (κ1) is 26.7. The summed E-state index contributed by atoms with van der Waals surface area (Å²) in [7, 11) is 0. The Hall–Kier alpha value is -3.49. The molecule has 1 saturated heterocycles. The van der Waals surface area contributed by atoms with Gasteiger partial charge in [-0.2, -0.15) is 5.10 Å². The summed E-state index contributed by atoms with van der Waals surface area (Å²) in [6.07, 6.45) is 5.16. The average Bonchev–Trinajstić information content (AvgIpc) is 3.67. The Kier molecular flexibility index (Phi) is 6.79. The molecule has 1 atom stereocenters. The van der Waals surface area contributed by atoms with Gasteiger partial charge >= 0.3 is 6.03 Å². The van der Waals surface area contributed by atoms with Crippen LogP contribution >= 0.6 is 0 Å². The van der Waals surface area contributed by atoms with Gasteiger partial charge < -0.3 is 9.80 Å². The number of anilines is 2. The van der Waals surface area contributed by atoms with Crippen molar-refractivity contribution >= 4 is 17.4 Å². The van der Waals surface area contributed by atoms with Crippen molar-refractivity contribution in [2.24, 2.45) is 0 Å². The van der Waals surface area contributed by atoms with Gasteiger partial charge in [-0.15, -0.1) is 0 Å². The molecule has 1 saturated carbocycles. The van der Waals surface area contributed by atoms with Crippen molar-refractivity contribution in [1.29, 1.82) is 0 Å². The van der Waals surface area contributed by atoms with Crippen LogP contribution in [0.4, 0.5) is 29.3 Å². The van der Waals surface area contributed by atoms with E-state index in [9.17, 15) is 18.0 Å². The van der Waals surface area contributed by atoms with Crippen LogP contribution in [0.25, 0.3) is 0 Å². The number of amides is 2. The van der Waals surface area contributed by atoms with E-state index in [-0.39, 0.29) is 17.9 Å². The number of hydrogen-bond donors (Lipinski definition) is 0. The number of carbonyl (C=O) groups is 1. The minimum atomic E-state index is -2.95. The lowest BCUT2D eigenvalue weighted by Crippen LogP contribution is -2.55. The molecule has 0 N–H and O–H groups in total. The first-order valence-electron chi connectivity index (χ1n) is 14.2. The molecule has 3 aromatic rings. The summed E-state index contributed by atoms with van der Waals surface area (Å²) in [5.74, 6) is -2.67. The molecule has 2 aliphatic heterocycles. The van der Waals surface area contributed by atoms with Crippen LogP contribution in [0.3, 0.4) is 0 Å². The van der Waals surface area contributed by atoms with Crippen LogP contribution < -0.4 is 9.80 Å². The van der Waals surface area contributed by atoms with Crippen molar-refractivity contribution in [3.63, 3.8) is 0 Å². The lowest BCUT2D eigenvalue weighted by molar-refractivity contribution is -0.00142. The van der Waals surface area contributed by atoms with Crippen molar-refractivity contribution in [3.05, 3.63) is 76.9 Å². The Morgan fingerprint density at radius 2 is 1.75 bits per heavy atom. The topological polar surface area (TPSA) is 44.6 Å². The number of rotatable bonds is 7. The molecule has 2 amide bonds. The first-order chi connectivity index (χ1) is 19.1. The molecule has 2 fully saturated rings. The maximum Gasteiger partial charge on any atom is 0.325 e. The van der Waals surface area contributed by atoms with Crippen molar-refractivity contribution in [3.8, 4) is 0 Å². The minimum absolute atomic E-state index is 0.106. The number of halogens is 3. The number of benzene rings is 2. The van der Waals surface area contributed by atoms with Gasteiger partial charge in [0.05, 0.1) is 35.9 Å². The predicted octanol–water partition coefficient (Wildman–Crippen LogP) is 7.04. The fourth-order valence-electron chi connectivity index (χ4n) is 6.61. The molecule has 1 aliphatic carbocycles. The van der Waals surface area contributed by atoms with E-state index in [1.165, 1.54) is 16.3 Å². The molecular formula is C31H36F3N5O. The second-order valence-corrected chi connectivity index (χ2v) is 11.7. The zero-order valence-electron chi connectivity index (χ0n) is 23.3. The maximum absolute atomic E-state index is 14.7. The summed E-state index contributed by atoms with van der Waals surface area (Å²) in [6, 6.07) is 12.6. The summed E-state index contributed by atoms with van der Waals surface area (Å²) in [5.41, 5.74) is 5.07. The van der Waals surface area contributed by atoms with Crippen molar-refractivity contribution in [2.75, 3.05) is 22.9 Å². The fraction of sp³-hybridized carbons (Fsp3) is 0.484. The third-order valence-corrected chi connectivity index (χ3v) is 8.61. The average molecular weight is 552 g/mol. The van der Waals surface area contributed by atoms with Crippen LogP contribution in [0.15, 0.2) is 48.7 Å². The molecule has 1 unspecified atom stereocenters. The zero-order valence-corrected chi connectivity index (χ0v) is 23.3. The second kappa shape index (κ2) is 10.2. The zero-order chi connectivity index (χ0) is 28.2. The Morgan fingerprint density at radius 1 is 1.02 bits per heavy atom. The van der Waals surface area contributed by atoms with Gasteiger partial charge in [0.15, 0.2) is 0 Å². The Morgan fingerprint density at radius 3 is 2.42 bits per heavy atom. The normalized spacial score (nSPS) is 20.3. The van der Waals surface area contributed by atoms with Crippen molar-refractivity contribution in [1.82, 2.24) is 14.7 Å². The number of aromatic nitrogens is 2. The van der Waals surface area contributed by atoms with Gasteiger partial charge in [0.1, 0.15) is 12.4 Å². The van der Waals surface area contributed by atoms with Crippen molar-refractivity contribution < 1.29 is 18.0 Å². The van der Waals surface area contributed by atoms with E-state index in [4.69, 9.17) is 0 Å². The number of urea groups is 1. The number of carbonyl (C=O) groups excluding carboxylic acids is 1. The summed E-state index contributed by atoms with van der Waals surface area (Å²) >= 11 is 0. The van der Waals surface area contributed by atoms with Gasteiger partial charge in [0, 0.05) is 26.1 Å². The molecule has 212 valence electrons. The van der Waals surface area contributed by atoms with Gasteiger partial charge in [0.2, 0.25) is 0 Å². The van der Waals surface area contributed by atoms with E-state index in [2.05, 4.69) is 22.1 Å². The molecule has 0 bridgehead atoms. The van der Waals surface area contributed by atoms with Crippen LogP contribution in [-0.4, -0.2) is 45.8 Å². The second-order valence-electron chi connectivity index (χ2n) is 11.7. The van der Waals surface area contributed by atoms with Gasteiger partial charge in [-0.25, -0.2) is 18.0 Å². The minimum Gasteiger partial charge on any atom is -0.369 e. The number of fused-ring (bicyclic) bond motifs is 1. The molecule has 3 heterocycles. The Labute approximate surface area is 233 Å². The fourth-order valence-corrected chi connectivity index (χ4v) is 6.61. The van der Waals surface area contributed by atoms with Crippen LogP contribution in [0.5, 0.6) is 0 Å². The maximum atomic E-state index is 14.7. The van der Waals surface area contributed by atoms with Crippen LogP contribution in [0, 0.1) is 12.7 Å². The van der Waals surface area contributed by atoms with E-state index >= 15 is 0 Å². The highest BCUT2D eigenvalue weighted by molar-refractivity contribution is 5.95. The van der Waals surface area contributed by atoms with Crippen LogP contribution in [-0.2, 0) is 13.1 Å². The summed E-state index contributed by atoms with van der Waals surface area (Å²) in [4.78, 5) is 19.9. The third kappa shape index (κ3) is 4.95. The highest BCUT2D eigenvalue weighted by Crippen LogP contribution is 2.44. The van der Waals surface area contributed by atoms with E-state index in [1.54, 1.807) is 17.2 Å². The molecule has 3 aliphatic rings. The first-order valence-corrected chi connectivity index (χ1v) is 14.2. The number of alkyl halides is 2. The highest BCUT2D eigenvalue weighted by atomic mass is 19.3. The number of aryl methyl sites for hydroxylation is 1. The standard InChI is InChI=1S/C31H36F3N5O/c1-20-7-6-10-26(32)28(20)36-15-13-24(14-16-36)39-21(2)29-27(17-35-38(29)19-31(3,33)34)37(30(39)40)18-23-8-4-5-9-25(23)22-11-12-22/h4-10,17,21-22,24H,11-16,18-19H2,1-3H3. The molecule has 40 heavy (non-hydrogen) atoms. The third-order valence-electron chi connectivity index (χ3n) is 8.61. The molecule has 1 aromatic heterocycles. The van der Waals surface area contributed by atoms with E-state index in [1.807, 2.05) is 36.9 Å². The number of piperidine rings is 1. The quantitative estimate of drug-likeness (QED) is 0.317. The largest absolute Gasteiger partial charge is 0.369 e. The van der Waals surface area contributed by atoms with E-state index in [0.717, 1.165) is 30.9 Å².